The van der Waals surface area contributed by atoms with E-state index >= 15 is 0 Å². The molecule has 0 atom stereocenters. The van der Waals surface area contributed by atoms with Crippen LogP contribution < -0.4 is 0 Å². The molecule has 0 aliphatic rings. The van der Waals surface area contributed by atoms with Crippen molar-refractivity contribution in [2.45, 2.75) is 75.7 Å². The Morgan fingerprint density at radius 3 is 1.37 bits per heavy atom. The van der Waals surface area contributed by atoms with E-state index in [0.29, 0.717) is 16.8 Å². The molecule has 1 N–H and O–H groups in total. The molecule has 0 spiro atoms. The highest BCUT2D eigenvalue weighted by Gasteiger charge is 2.07. The molecule has 38 heavy (non-hydrogen) atoms. The number of phenols is 1. The minimum atomic E-state index is 0.0731. The first-order valence-corrected chi connectivity index (χ1v) is 13.9. The zero-order valence-corrected chi connectivity index (χ0v) is 25.1. The molecule has 4 aromatic rings. The van der Waals surface area contributed by atoms with Crippen LogP contribution in [0.4, 0.5) is 22.7 Å². The Kier molecular flexibility index (Phi) is 23.7. The van der Waals surface area contributed by atoms with Crippen LogP contribution in [0.5, 0.6) is 5.75 Å². The summed E-state index contributed by atoms with van der Waals surface area (Å²) in [5.41, 5.74) is 2.55. The Morgan fingerprint density at radius 2 is 0.895 bits per heavy atom. The maximum absolute atomic E-state index is 10.6. The van der Waals surface area contributed by atoms with Gasteiger partial charge in [-0.25, -0.2) is 0 Å². The van der Waals surface area contributed by atoms with Crippen molar-refractivity contribution in [2.75, 3.05) is 0 Å². The highest BCUT2D eigenvalue weighted by molar-refractivity contribution is 5.94. The Labute approximate surface area is 231 Å². The molecule has 0 heterocycles. The molecule has 0 radical (unpaired) electrons. The van der Waals surface area contributed by atoms with Gasteiger partial charge in [-0.05, 0) is 47.9 Å². The van der Waals surface area contributed by atoms with E-state index in [2.05, 4.69) is 34.3 Å². The van der Waals surface area contributed by atoms with Gasteiger partial charge in [-0.3, -0.25) is 0 Å². The summed E-state index contributed by atoms with van der Waals surface area (Å²) in [4.78, 5) is 0. The highest BCUT2D eigenvalue weighted by Crippen LogP contribution is 2.37. The van der Waals surface area contributed by atoms with E-state index in [1.165, 1.54) is 6.42 Å². The zero-order chi connectivity index (χ0) is 29.2. The van der Waals surface area contributed by atoms with Crippen LogP contribution in [-0.4, -0.2) is 5.11 Å². The van der Waals surface area contributed by atoms with Gasteiger partial charge in [-0.1, -0.05) is 124 Å². The molecule has 0 aliphatic heterocycles. The maximum atomic E-state index is 10.6. The van der Waals surface area contributed by atoms with Crippen molar-refractivity contribution >= 4 is 33.5 Å². The number of hydrogen-bond donors (Lipinski definition) is 1. The van der Waals surface area contributed by atoms with Crippen molar-refractivity contribution in [3.05, 3.63) is 91.0 Å². The monoisotopic (exact) mass is 516 g/mol. The number of benzene rings is 4. The van der Waals surface area contributed by atoms with E-state index in [-0.39, 0.29) is 5.75 Å². The lowest BCUT2D eigenvalue weighted by molar-refractivity contribution is 0.482. The standard InChI is InChI=1S/C22H16N4O.C3H8.4C2H6/c27-22-20-15-19(25-23-17-7-3-1-4-8-17)13-11-16(20)12-14-21(22)26-24-18-9-5-2-6-10-18;1-3-2;4*1-2/h1-15,27H;3H2,1-2H3;4*1-2H3. The number of fused-ring (bicyclic) bond motifs is 1. The Hall–Kier alpha value is -3.86. The van der Waals surface area contributed by atoms with Gasteiger partial charge in [-0.15, -0.1) is 5.11 Å². The molecule has 0 bridgehead atoms. The van der Waals surface area contributed by atoms with Crippen LogP contribution in [0.15, 0.2) is 111 Å². The van der Waals surface area contributed by atoms with Gasteiger partial charge in [0.25, 0.3) is 0 Å². The van der Waals surface area contributed by atoms with Gasteiger partial charge in [0.05, 0.1) is 17.1 Å². The molecule has 0 saturated carbocycles. The first-order valence-electron chi connectivity index (χ1n) is 13.9. The number of phenolic OH excluding ortho intramolecular Hbond substituents is 1. The summed E-state index contributed by atoms with van der Waals surface area (Å²) in [5, 5.41) is 29.0. The lowest BCUT2D eigenvalue weighted by atomic mass is 10.1. The van der Waals surface area contributed by atoms with E-state index in [1.807, 2.05) is 134 Å². The van der Waals surface area contributed by atoms with Crippen molar-refractivity contribution in [2.24, 2.45) is 20.5 Å². The normalized spacial score (nSPS) is 9.32. The largest absolute Gasteiger partial charge is 0.505 e. The summed E-state index contributed by atoms with van der Waals surface area (Å²) in [6, 6.07) is 28.1. The third-order valence-corrected chi connectivity index (χ3v) is 4.02. The van der Waals surface area contributed by atoms with Gasteiger partial charge in [-0.2, -0.15) is 15.3 Å². The Bertz CT molecular complexity index is 1140. The fraction of sp³-hybridized carbons (Fsp3) is 0.333. The summed E-state index contributed by atoms with van der Waals surface area (Å²) >= 11 is 0. The van der Waals surface area contributed by atoms with Gasteiger partial charge in [0.1, 0.15) is 5.69 Å². The average molecular weight is 517 g/mol. The summed E-state index contributed by atoms with van der Waals surface area (Å²) < 4.78 is 0. The molecular formula is C33H48N4O. The predicted molar refractivity (Wildman–Crippen MR) is 168 cm³/mol. The second-order valence-electron chi connectivity index (χ2n) is 6.62. The van der Waals surface area contributed by atoms with Crippen LogP contribution in [0, 0.1) is 0 Å². The van der Waals surface area contributed by atoms with Crippen LogP contribution in [0.1, 0.15) is 75.7 Å². The quantitative estimate of drug-likeness (QED) is 0.269. The minimum absolute atomic E-state index is 0.0731. The number of hydrogen-bond acceptors (Lipinski definition) is 5. The number of azo groups is 2. The fourth-order valence-corrected chi connectivity index (χ4v) is 2.64. The van der Waals surface area contributed by atoms with Gasteiger partial charge in [0.2, 0.25) is 0 Å². The summed E-state index contributed by atoms with van der Waals surface area (Å²) in [6.07, 6.45) is 1.25. The molecule has 0 fully saturated rings. The van der Waals surface area contributed by atoms with Crippen molar-refractivity contribution in [1.82, 2.24) is 0 Å². The molecule has 0 aromatic heterocycles. The van der Waals surface area contributed by atoms with Crippen molar-refractivity contribution in [1.29, 1.82) is 0 Å². The van der Waals surface area contributed by atoms with E-state index in [9.17, 15) is 5.11 Å². The number of aromatic hydroxyl groups is 1. The van der Waals surface area contributed by atoms with Crippen LogP contribution in [0.3, 0.4) is 0 Å². The van der Waals surface area contributed by atoms with E-state index in [4.69, 9.17) is 0 Å². The van der Waals surface area contributed by atoms with Gasteiger partial charge in [0.15, 0.2) is 5.75 Å². The predicted octanol–water partition coefficient (Wildman–Crippen LogP) is 12.9. The second-order valence-corrected chi connectivity index (χ2v) is 6.62. The molecule has 206 valence electrons. The van der Waals surface area contributed by atoms with Crippen molar-refractivity contribution < 1.29 is 5.11 Å². The first-order chi connectivity index (χ1) is 18.7. The lowest BCUT2D eigenvalue weighted by Gasteiger charge is -2.04. The van der Waals surface area contributed by atoms with Gasteiger partial charge in [0, 0.05) is 5.39 Å². The van der Waals surface area contributed by atoms with Crippen LogP contribution in [0.2, 0.25) is 0 Å². The minimum Gasteiger partial charge on any atom is -0.505 e. The lowest BCUT2D eigenvalue weighted by Crippen LogP contribution is -1.76. The molecule has 5 heteroatoms. The molecule has 0 unspecified atom stereocenters. The number of rotatable bonds is 4. The molecular weight excluding hydrogens is 468 g/mol. The molecule has 0 aliphatic carbocycles. The van der Waals surface area contributed by atoms with Crippen LogP contribution in [0.25, 0.3) is 10.8 Å². The van der Waals surface area contributed by atoms with Crippen molar-refractivity contribution in [3.63, 3.8) is 0 Å². The van der Waals surface area contributed by atoms with Gasteiger partial charge < -0.3 is 5.11 Å². The Morgan fingerprint density at radius 1 is 0.500 bits per heavy atom. The van der Waals surface area contributed by atoms with Gasteiger partial charge >= 0.3 is 0 Å². The van der Waals surface area contributed by atoms with Crippen molar-refractivity contribution in [3.8, 4) is 5.75 Å². The fourth-order valence-electron chi connectivity index (χ4n) is 2.64. The molecule has 0 saturated heterocycles. The summed E-state index contributed by atoms with van der Waals surface area (Å²) in [5.74, 6) is 0.0731. The third-order valence-electron chi connectivity index (χ3n) is 4.02. The summed E-state index contributed by atoms with van der Waals surface area (Å²) in [6.45, 7) is 20.2. The Balaban J connectivity index is 0. The molecule has 0 amide bonds. The average Bonchev–Trinajstić information content (AvgIpc) is 3.01. The van der Waals surface area contributed by atoms with Crippen LogP contribution in [-0.2, 0) is 0 Å². The molecule has 4 rings (SSSR count). The van der Waals surface area contributed by atoms with Crippen LogP contribution >= 0.6 is 0 Å². The highest BCUT2D eigenvalue weighted by atomic mass is 16.3. The zero-order valence-electron chi connectivity index (χ0n) is 25.1. The van der Waals surface area contributed by atoms with E-state index < -0.39 is 0 Å². The van der Waals surface area contributed by atoms with E-state index in [1.54, 1.807) is 12.1 Å². The smallest absolute Gasteiger partial charge is 0.150 e. The second kappa shape index (κ2) is 24.8. The topological polar surface area (TPSA) is 69.7 Å². The maximum Gasteiger partial charge on any atom is 0.150 e. The SMILES string of the molecule is CC.CC.CC.CC.CCC.Oc1c(N=Nc2ccccc2)ccc2ccc(N=Nc3ccccc3)cc12. The third kappa shape index (κ3) is 13.4. The van der Waals surface area contributed by atoms with E-state index in [0.717, 1.165) is 16.8 Å². The molecule has 5 nitrogen and oxygen atoms in total. The molecule has 4 aromatic carbocycles. The number of nitrogens with zero attached hydrogens (tertiary/aromatic N) is 4. The first kappa shape index (κ1) is 36.3. The summed E-state index contributed by atoms with van der Waals surface area (Å²) in [7, 11) is 0.